The molecule has 4 heteroatoms. The smallest absolute Gasteiger partial charge is 0.307 e. The van der Waals surface area contributed by atoms with Crippen molar-refractivity contribution in [1.82, 2.24) is 5.32 Å². The van der Waals surface area contributed by atoms with Gasteiger partial charge in [0.2, 0.25) is 0 Å². The normalized spacial score (nSPS) is 20.7. The Kier molecular flexibility index (Phi) is 4.24. The minimum Gasteiger partial charge on any atom is -0.359 e. The van der Waals surface area contributed by atoms with Crippen molar-refractivity contribution in [3.8, 4) is 0 Å². The molecule has 3 rings (SSSR count). The summed E-state index contributed by atoms with van der Waals surface area (Å²) in [7, 11) is 0. The average molecular weight is 312 g/mol. The maximum Gasteiger partial charge on any atom is 0.307 e. The lowest BCUT2D eigenvalue weighted by Gasteiger charge is -2.21. The van der Waals surface area contributed by atoms with Gasteiger partial charge in [-0.3, -0.25) is 4.99 Å². The van der Waals surface area contributed by atoms with E-state index in [1.807, 2.05) is 60.7 Å². The van der Waals surface area contributed by atoms with E-state index in [-0.39, 0.29) is 17.9 Å². The quantitative estimate of drug-likeness (QED) is 0.796. The zero-order chi connectivity index (χ0) is 16.3. The van der Waals surface area contributed by atoms with Gasteiger partial charge in [-0.25, -0.2) is 0 Å². The van der Waals surface area contributed by atoms with Crippen LogP contribution in [-0.4, -0.2) is 11.8 Å². The average Bonchev–Trinajstić information content (AvgIpc) is 3.03. The first-order chi connectivity index (χ1) is 11.1. The van der Waals surface area contributed by atoms with Gasteiger partial charge in [-0.1, -0.05) is 66.7 Å². The Morgan fingerprint density at radius 2 is 1.57 bits per heavy atom. The summed E-state index contributed by atoms with van der Waals surface area (Å²) in [5.74, 6) is -3.29. The van der Waals surface area contributed by atoms with Crippen LogP contribution in [0.5, 0.6) is 0 Å². The van der Waals surface area contributed by atoms with Gasteiger partial charge in [-0.2, -0.15) is 8.78 Å². The van der Waals surface area contributed by atoms with Crippen molar-refractivity contribution in [2.24, 2.45) is 4.99 Å². The van der Waals surface area contributed by atoms with Gasteiger partial charge in [-0.15, -0.1) is 6.58 Å². The first-order valence-electron chi connectivity index (χ1n) is 7.55. The van der Waals surface area contributed by atoms with Gasteiger partial charge in [0.1, 0.15) is 6.04 Å². The molecule has 1 aliphatic heterocycles. The zero-order valence-electron chi connectivity index (χ0n) is 12.6. The Hall–Kier alpha value is -2.49. The number of alkyl halides is 2. The number of hydrogen-bond acceptors (Lipinski definition) is 2. The monoisotopic (exact) mass is 312 g/mol. The van der Waals surface area contributed by atoms with Gasteiger partial charge in [-0.05, 0) is 11.1 Å². The zero-order valence-corrected chi connectivity index (χ0v) is 12.6. The number of halogens is 2. The SMILES string of the molecule is C=CCC(F)(F)C1=N[C@@H](c2ccccc2)[C@@H](c2ccccc2)N1. The highest BCUT2D eigenvalue weighted by atomic mass is 19.3. The highest BCUT2D eigenvalue weighted by molar-refractivity contribution is 5.91. The Labute approximate surface area is 134 Å². The number of aliphatic imine (C=N–C) groups is 1. The van der Waals surface area contributed by atoms with Crippen LogP contribution in [0.1, 0.15) is 29.6 Å². The third-order valence-corrected chi connectivity index (χ3v) is 3.92. The lowest BCUT2D eigenvalue weighted by atomic mass is 9.95. The Balaban J connectivity index is 1.99. The number of rotatable bonds is 5. The molecule has 2 atom stereocenters. The minimum absolute atomic E-state index is 0.264. The molecule has 0 amide bonds. The summed E-state index contributed by atoms with van der Waals surface area (Å²) in [4.78, 5) is 4.31. The Bertz CT molecular complexity index is 696. The molecular formula is C19H18F2N2. The van der Waals surface area contributed by atoms with E-state index >= 15 is 0 Å². The molecule has 0 fully saturated rings. The maximum absolute atomic E-state index is 14.2. The van der Waals surface area contributed by atoms with Crippen LogP contribution in [-0.2, 0) is 0 Å². The molecule has 1 aliphatic rings. The number of nitrogens with zero attached hydrogens (tertiary/aromatic N) is 1. The van der Waals surface area contributed by atoms with Crippen LogP contribution in [0.3, 0.4) is 0 Å². The van der Waals surface area contributed by atoms with Gasteiger partial charge < -0.3 is 5.32 Å². The van der Waals surface area contributed by atoms with Crippen molar-refractivity contribution >= 4 is 5.84 Å². The van der Waals surface area contributed by atoms with E-state index < -0.39 is 12.3 Å². The molecule has 2 nitrogen and oxygen atoms in total. The number of benzene rings is 2. The lowest BCUT2D eigenvalue weighted by Crippen LogP contribution is -2.38. The number of nitrogens with one attached hydrogen (secondary N) is 1. The van der Waals surface area contributed by atoms with Crippen molar-refractivity contribution in [3.05, 3.63) is 84.4 Å². The molecule has 0 aliphatic carbocycles. The molecule has 2 aromatic carbocycles. The van der Waals surface area contributed by atoms with Crippen LogP contribution in [0.4, 0.5) is 8.78 Å². The van der Waals surface area contributed by atoms with E-state index in [0.717, 1.165) is 11.1 Å². The predicted molar refractivity (Wildman–Crippen MR) is 88.7 cm³/mol. The summed E-state index contributed by atoms with van der Waals surface area (Å²) in [5.41, 5.74) is 1.85. The molecule has 0 unspecified atom stereocenters. The third-order valence-electron chi connectivity index (χ3n) is 3.92. The molecular weight excluding hydrogens is 294 g/mol. The van der Waals surface area contributed by atoms with E-state index in [0.29, 0.717) is 0 Å². The van der Waals surface area contributed by atoms with Gasteiger partial charge in [0.05, 0.1) is 6.04 Å². The second-order valence-electron chi connectivity index (χ2n) is 5.56. The topological polar surface area (TPSA) is 24.4 Å². The van der Waals surface area contributed by atoms with E-state index in [1.54, 1.807) is 0 Å². The molecule has 0 aromatic heterocycles. The Morgan fingerprint density at radius 1 is 1.00 bits per heavy atom. The van der Waals surface area contributed by atoms with Crippen LogP contribution in [0.2, 0.25) is 0 Å². The molecule has 118 valence electrons. The highest BCUT2D eigenvalue weighted by Crippen LogP contribution is 2.39. The van der Waals surface area contributed by atoms with E-state index in [1.165, 1.54) is 6.08 Å². The summed E-state index contributed by atoms with van der Waals surface area (Å²) in [6.45, 7) is 3.41. The first-order valence-corrected chi connectivity index (χ1v) is 7.55. The van der Waals surface area contributed by atoms with Gasteiger partial charge >= 0.3 is 5.92 Å². The predicted octanol–water partition coefficient (Wildman–Crippen LogP) is 4.68. The molecule has 2 aromatic rings. The van der Waals surface area contributed by atoms with Crippen LogP contribution in [0.15, 0.2) is 78.3 Å². The van der Waals surface area contributed by atoms with Crippen molar-refractivity contribution in [1.29, 1.82) is 0 Å². The number of hydrogen-bond donors (Lipinski definition) is 1. The second-order valence-corrected chi connectivity index (χ2v) is 5.56. The fraction of sp³-hybridized carbons (Fsp3) is 0.211. The van der Waals surface area contributed by atoms with E-state index in [4.69, 9.17) is 0 Å². The summed E-state index contributed by atoms with van der Waals surface area (Å²) >= 11 is 0. The molecule has 1 heterocycles. The molecule has 0 bridgehead atoms. The molecule has 0 saturated carbocycles. The fourth-order valence-electron chi connectivity index (χ4n) is 2.80. The van der Waals surface area contributed by atoms with Crippen LogP contribution >= 0.6 is 0 Å². The molecule has 1 N–H and O–H groups in total. The summed E-state index contributed by atoms with van der Waals surface area (Å²) < 4.78 is 28.5. The minimum atomic E-state index is -3.03. The van der Waals surface area contributed by atoms with Crippen molar-refractivity contribution in [2.45, 2.75) is 24.4 Å². The molecule has 0 saturated heterocycles. The lowest BCUT2D eigenvalue weighted by molar-refractivity contribution is 0.0781. The largest absolute Gasteiger partial charge is 0.359 e. The van der Waals surface area contributed by atoms with Crippen molar-refractivity contribution in [3.63, 3.8) is 0 Å². The molecule has 0 spiro atoms. The first kappa shape index (κ1) is 15.4. The number of amidine groups is 1. The Morgan fingerprint density at radius 3 is 2.13 bits per heavy atom. The number of allylic oxidation sites excluding steroid dienone is 1. The van der Waals surface area contributed by atoms with Crippen molar-refractivity contribution < 1.29 is 8.78 Å². The summed E-state index contributed by atoms with van der Waals surface area (Å²) in [6.07, 6.45) is 0.791. The summed E-state index contributed by atoms with van der Waals surface area (Å²) in [5, 5.41) is 2.93. The van der Waals surface area contributed by atoms with Crippen LogP contribution in [0, 0.1) is 0 Å². The van der Waals surface area contributed by atoms with Gasteiger partial charge in [0.25, 0.3) is 0 Å². The van der Waals surface area contributed by atoms with E-state index in [2.05, 4.69) is 16.9 Å². The van der Waals surface area contributed by atoms with Gasteiger partial charge in [0, 0.05) is 6.42 Å². The molecule has 23 heavy (non-hydrogen) atoms. The fourth-order valence-corrected chi connectivity index (χ4v) is 2.80. The van der Waals surface area contributed by atoms with Gasteiger partial charge in [0.15, 0.2) is 5.84 Å². The summed E-state index contributed by atoms with van der Waals surface area (Å²) in [6, 6.07) is 18.4. The third kappa shape index (κ3) is 3.16. The van der Waals surface area contributed by atoms with E-state index in [9.17, 15) is 8.78 Å². The molecule has 0 radical (unpaired) electrons. The van der Waals surface area contributed by atoms with Crippen LogP contribution in [0.25, 0.3) is 0 Å². The van der Waals surface area contributed by atoms with Crippen LogP contribution < -0.4 is 5.32 Å². The maximum atomic E-state index is 14.2. The van der Waals surface area contributed by atoms with Crippen molar-refractivity contribution in [2.75, 3.05) is 0 Å². The second kappa shape index (κ2) is 6.32. The highest BCUT2D eigenvalue weighted by Gasteiger charge is 2.42. The standard InChI is InChI=1S/C19H18F2N2/c1-2-13-19(20,21)18-22-16(14-9-5-3-6-10-14)17(23-18)15-11-7-4-8-12-15/h2-12,16-17H,1,13H2,(H,22,23)/t16-,17+.